The fraction of sp³-hybridized carbons (Fsp3) is 0.588. The molecule has 0 spiro atoms. The van der Waals surface area contributed by atoms with Gasteiger partial charge in [-0.3, -0.25) is 4.99 Å². The quantitative estimate of drug-likeness (QED) is 0.902. The van der Waals surface area contributed by atoms with Gasteiger partial charge in [-0.2, -0.15) is 0 Å². The molecule has 0 radical (unpaired) electrons. The molecular weight excluding hydrogens is 278 g/mol. The van der Waals surface area contributed by atoms with Crippen LogP contribution in [-0.2, 0) is 0 Å². The normalized spacial score (nSPS) is 22.0. The number of rotatable bonds is 4. The second-order valence-electron chi connectivity index (χ2n) is 6.39. The van der Waals surface area contributed by atoms with E-state index >= 15 is 0 Å². The highest BCUT2D eigenvalue weighted by atomic mass is 32.2. The molecule has 1 saturated heterocycles. The summed E-state index contributed by atoms with van der Waals surface area (Å²) < 4.78 is 0. The first-order valence-corrected chi connectivity index (χ1v) is 9.02. The van der Waals surface area contributed by atoms with E-state index in [0.717, 1.165) is 22.5 Å². The highest BCUT2D eigenvalue weighted by Gasteiger charge is 2.19. The Kier molecular flexibility index (Phi) is 4.73. The van der Waals surface area contributed by atoms with Gasteiger partial charge in [0, 0.05) is 30.2 Å². The molecule has 1 aromatic rings. The van der Waals surface area contributed by atoms with Crippen LogP contribution in [0.5, 0.6) is 0 Å². The second-order valence-corrected chi connectivity index (χ2v) is 7.40. The van der Waals surface area contributed by atoms with Gasteiger partial charge in [0.05, 0.1) is 6.04 Å². The molecule has 1 unspecified atom stereocenters. The summed E-state index contributed by atoms with van der Waals surface area (Å²) in [4.78, 5) is 7.24. The standard InChI is InChI=1S/C17H25N3S/c1-13(2)11-15-12-21-17(19-15)18-14-5-7-16(8-6-14)20-9-3-4-10-20/h5-8,13,15H,3-4,9-12H2,1-2H3,(H,18,19). The van der Waals surface area contributed by atoms with E-state index in [-0.39, 0.29) is 0 Å². The second kappa shape index (κ2) is 6.73. The Balaban J connectivity index is 1.58. The molecule has 21 heavy (non-hydrogen) atoms. The summed E-state index contributed by atoms with van der Waals surface area (Å²) in [6.45, 7) is 6.93. The van der Waals surface area contributed by atoms with Crippen molar-refractivity contribution in [2.45, 2.75) is 39.2 Å². The van der Waals surface area contributed by atoms with Crippen LogP contribution < -0.4 is 10.2 Å². The van der Waals surface area contributed by atoms with Gasteiger partial charge in [-0.25, -0.2) is 0 Å². The maximum atomic E-state index is 4.78. The van der Waals surface area contributed by atoms with Crippen molar-refractivity contribution in [2.24, 2.45) is 10.9 Å². The minimum absolute atomic E-state index is 0.487. The largest absolute Gasteiger partial charge is 0.372 e. The summed E-state index contributed by atoms with van der Waals surface area (Å²) >= 11 is 1.85. The smallest absolute Gasteiger partial charge is 0.161 e. The van der Waals surface area contributed by atoms with Crippen molar-refractivity contribution in [3.8, 4) is 0 Å². The number of amidine groups is 1. The Morgan fingerprint density at radius 2 is 1.95 bits per heavy atom. The molecule has 0 bridgehead atoms. The Labute approximate surface area is 132 Å². The monoisotopic (exact) mass is 303 g/mol. The molecule has 1 atom stereocenters. The molecule has 114 valence electrons. The molecule has 0 aliphatic carbocycles. The van der Waals surface area contributed by atoms with Crippen LogP contribution in [0.15, 0.2) is 29.3 Å². The predicted molar refractivity (Wildman–Crippen MR) is 94.6 cm³/mol. The fourth-order valence-electron chi connectivity index (χ4n) is 3.00. The van der Waals surface area contributed by atoms with Crippen molar-refractivity contribution in [3.05, 3.63) is 24.3 Å². The topological polar surface area (TPSA) is 27.6 Å². The van der Waals surface area contributed by atoms with Crippen molar-refractivity contribution in [2.75, 3.05) is 29.1 Å². The van der Waals surface area contributed by atoms with Gasteiger partial charge in [-0.05, 0) is 49.4 Å². The number of hydrogen-bond donors (Lipinski definition) is 1. The SMILES string of the molecule is CC(C)CC1CSC(Nc2ccc(N3CCCC3)cc2)=N1. The van der Waals surface area contributed by atoms with Gasteiger partial charge in [-0.15, -0.1) is 0 Å². The molecule has 0 aromatic heterocycles. The predicted octanol–water partition coefficient (Wildman–Crippen LogP) is 4.22. The number of benzene rings is 1. The van der Waals surface area contributed by atoms with Crippen molar-refractivity contribution in [1.29, 1.82) is 0 Å². The van der Waals surface area contributed by atoms with E-state index in [1.165, 1.54) is 38.0 Å². The number of nitrogens with one attached hydrogen (secondary N) is 1. The highest BCUT2D eigenvalue weighted by Crippen LogP contribution is 2.26. The fourth-order valence-corrected chi connectivity index (χ4v) is 3.98. The van der Waals surface area contributed by atoms with Crippen molar-refractivity contribution in [1.82, 2.24) is 0 Å². The molecule has 2 aliphatic rings. The molecule has 0 amide bonds. The molecule has 2 aliphatic heterocycles. The highest BCUT2D eigenvalue weighted by molar-refractivity contribution is 8.14. The zero-order valence-corrected chi connectivity index (χ0v) is 13.8. The molecular formula is C17H25N3S. The van der Waals surface area contributed by atoms with Gasteiger partial charge in [0.15, 0.2) is 5.17 Å². The molecule has 0 saturated carbocycles. The zero-order chi connectivity index (χ0) is 14.7. The van der Waals surface area contributed by atoms with Gasteiger partial charge in [-0.1, -0.05) is 25.6 Å². The lowest BCUT2D eigenvalue weighted by atomic mass is 10.1. The summed E-state index contributed by atoms with van der Waals surface area (Å²) in [5, 5.41) is 4.53. The lowest BCUT2D eigenvalue weighted by Crippen LogP contribution is -2.17. The molecule has 1 N–H and O–H groups in total. The summed E-state index contributed by atoms with van der Waals surface area (Å²) in [5.41, 5.74) is 2.49. The Morgan fingerprint density at radius 1 is 1.24 bits per heavy atom. The maximum Gasteiger partial charge on any atom is 0.161 e. The maximum absolute atomic E-state index is 4.78. The lowest BCUT2D eigenvalue weighted by Gasteiger charge is -2.17. The van der Waals surface area contributed by atoms with Crippen LogP contribution in [0.2, 0.25) is 0 Å². The minimum atomic E-state index is 0.487. The Morgan fingerprint density at radius 3 is 2.62 bits per heavy atom. The van der Waals surface area contributed by atoms with Crippen molar-refractivity contribution in [3.63, 3.8) is 0 Å². The molecule has 3 nitrogen and oxygen atoms in total. The van der Waals surface area contributed by atoms with Crippen LogP contribution in [0, 0.1) is 5.92 Å². The third-order valence-electron chi connectivity index (χ3n) is 4.05. The van der Waals surface area contributed by atoms with Crippen LogP contribution in [0.4, 0.5) is 11.4 Å². The van der Waals surface area contributed by atoms with Crippen molar-refractivity contribution >= 4 is 28.3 Å². The zero-order valence-electron chi connectivity index (χ0n) is 13.0. The minimum Gasteiger partial charge on any atom is -0.372 e. The van der Waals surface area contributed by atoms with E-state index in [0.29, 0.717) is 6.04 Å². The number of thioether (sulfide) groups is 1. The van der Waals surface area contributed by atoms with Crippen LogP contribution in [0.1, 0.15) is 33.1 Å². The van der Waals surface area contributed by atoms with Crippen LogP contribution in [0.25, 0.3) is 0 Å². The molecule has 1 fully saturated rings. The summed E-state index contributed by atoms with van der Waals surface area (Å²) in [7, 11) is 0. The molecule has 4 heteroatoms. The van der Waals surface area contributed by atoms with Crippen LogP contribution >= 0.6 is 11.8 Å². The van der Waals surface area contributed by atoms with E-state index in [1.807, 2.05) is 11.8 Å². The first-order chi connectivity index (χ1) is 10.2. The van der Waals surface area contributed by atoms with Gasteiger partial charge in [0.2, 0.25) is 0 Å². The van der Waals surface area contributed by atoms with Crippen LogP contribution in [0.3, 0.4) is 0 Å². The molecule has 3 rings (SSSR count). The summed E-state index contributed by atoms with van der Waals surface area (Å²) in [5.74, 6) is 1.84. The van der Waals surface area contributed by atoms with E-state index in [1.54, 1.807) is 0 Å². The first-order valence-electron chi connectivity index (χ1n) is 8.03. The lowest BCUT2D eigenvalue weighted by molar-refractivity contribution is 0.529. The number of aliphatic imine (C=N–C) groups is 1. The van der Waals surface area contributed by atoms with Gasteiger partial charge < -0.3 is 10.2 Å². The number of anilines is 2. The van der Waals surface area contributed by atoms with Crippen molar-refractivity contribution < 1.29 is 0 Å². The van der Waals surface area contributed by atoms with E-state index in [4.69, 9.17) is 4.99 Å². The van der Waals surface area contributed by atoms with Gasteiger partial charge in [0.1, 0.15) is 0 Å². The van der Waals surface area contributed by atoms with Gasteiger partial charge >= 0.3 is 0 Å². The molecule has 1 aromatic carbocycles. The third kappa shape index (κ3) is 3.94. The summed E-state index contributed by atoms with van der Waals surface area (Å²) in [6.07, 6.45) is 3.83. The number of nitrogens with zero attached hydrogens (tertiary/aromatic N) is 2. The average Bonchev–Trinajstić information content (AvgIpc) is 3.11. The molecule has 2 heterocycles. The number of hydrogen-bond acceptors (Lipinski definition) is 4. The Bertz CT molecular complexity index is 489. The average molecular weight is 303 g/mol. The Hall–Kier alpha value is -1.16. The van der Waals surface area contributed by atoms with E-state index in [2.05, 4.69) is 48.3 Å². The summed E-state index contributed by atoms with van der Waals surface area (Å²) in [6, 6.07) is 9.28. The van der Waals surface area contributed by atoms with Crippen LogP contribution in [-0.4, -0.2) is 30.1 Å². The van der Waals surface area contributed by atoms with E-state index in [9.17, 15) is 0 Å². The first kappa shape index (κ1) is 14.8. The third-order valence-corrected chi connectivity index (χ3v) is 5.08. The van der Waals surface area contributed by atoms with Gasteiger partial charge in [0.25, 0.3) is 0 Å². The van der Waals surface area contributed by atoms with E-state index < -0.39 is 0 Å².